The van der Waals surface area contributed by atoms with Gasteiger partial charge in [0.25, 0.3) is 0 Å². The number of aromatic nitrogens is 2. The molecule has 2 aromatic rings. The Morgan fingerprint density at radius 2 is 1.94 bits per heavy atom. The second kappa shape index (κ2) is 5.23. The number of hydrogen-bond donors (Lipinski definition) is 1. The fourth-order valence-corrected chi connectivity index (χ4v) is 2.10. The van der Waals surface area contributed by atoms with E-state index < -0.39 is 0 Å². The molecule has 96 valence electrons. The highest BCUT2D eigenvalue weighted by Crippen LogP contribution is 2.25. The quantitative estimate of drug-likeness (QED) is 0.896. The zero-order valence-electron chi connectivity index (χ0n) is 11.3. The number of hydrogen-bond acceptors (Lipinski definition) is 3. The van der Waals surface area contributed by atoms with Gasteiger partial charge in [0.15, 0.2) is 0 Å². The van der Waals surface area contributed by atoms with Gasteiger partial charge in [-0.15, -0.1) is 0 Å². The predicted octanol–water partition coefficient (Wildman–Crippen LogP) is 2.05. The molecule has 4 heteroatoms. The molecule has 18 heavy (non-hydrogen) atoms. The number of rotatable bonds is 4. The van der Waals surface area contributed by atoms with E-state index in [1.54, 1.807) is 7.11 Å². The van der Waals surface area contributed by atoms with E-state index >= 15 is 0 Å². The molecule has 0 aliphatic heterocycles. The normalized spacial score (nSPS) is 12.4. The maximum atomic E-state index is 5.18. The van der Waals surface area contributed by atoms with Gasteiger partial charge in [-0.05, 0) is 31.7 Å². The summed E-state index contributed by atoms with van der Waals surface area (Å²) < 4.78 is 7.07. The molecular formula is C14H19N3O. The Balaban J connectivity index is 2.35. The topological polar surface area (TPSA) is 39.1 Å². The van der Waals surface area contributed by atoms with Crippen LogP contribution in [0.5, 0.6) is 5.75 Å². The van der Waals surface area contributed by atoms with E-state index in [4.69, 9.17) is 4.74 Å². The Bertz CT molecular complexity index is 516. The lowest BCUT2D eigenvalue weighted by molar-refractivity contribution is 0.414. The Kier molecular flexibility index (Phi) is 3.67. The van der Waals surface area contributed by atoms with Crippen LogP contribution in [0.2, 0.25) is 0 Å². The third kappa shape index (κ3) is 2.24. The smallest absolute Gasteiger partial charge is 0.118 e. The molecule has 1 heterocycles. The summed E-state index contributed by atoms with van der Waals surface area (Å²) in [7, 11) is 5.59. The molecule has 0 bridgehead atoms. The second-order valence-corrected chi connectivity index (χ2v) is 4.30. The maximum Gasteiger partial charge on any atom is 0.118 e. The molecule has 0 aliphatic rings. The first-order valence-electron chi connectivity index (χ1n) is 5.97. The van der Waals surface area contributed by atoms with Crippen LogP contribution in [0.4, 0.5) is 0 Å². The van der Waals surface area contributed by atoms with Gasteiger partial charge in [-0.3, -0.25) is 4.68 Å². The van der Waals surface area contributed by atoms with Crippen molar-refractivity contribution in [2.24, 2.45) is 7.05 Å². The third-order valence-electron chi connectivity index (χ3n) is 3.32. The van der Waals surface area contributed by atoms with Gasteiger partial charge in [0, 0.05) is 18.3 Å². The lowest BCUT2D eigenvalue weighted by Gasteiger charge is -2.17. The number of benzene rings is 1. The van der Waals surface area contributed by atoms with Crippen molar-refractivity contribution in [3.63, 3.8) is 0 Å². The van der Waals surface area contributed by atoms with Crippen molar-refractivity contribution in [1.82, 2.24) is 15.1 Å². The van der Waals surface area contributed by atoms with Crippen LogP contribution in [0.25, 0.3) is 0 Å². The Morgan fingerprint density at radius 3 is 2.39 bits per heavy atom. The lowest BCUT2D eigenvalue weighted by Crippen LogP contribution is -2.18. The molecule has 0 saturated heterocycles. The summed E-state index contributed by atoms with van der Waals surface area (Å²) in [4.78, 5) is 0. The Morgan fingerprint density at radius 1 is 1.28 bits per heavy atom. The van der Waals surface area contributed by atoms with Crippen LogP contribution in [0, 0.1) is 6.92 Å². The van der Waals surface area contributed by atoms with Crippen molar-refractivity contribution in [2.45, 2.75) is 13.0 Å². The van der Waals surface area contributed by atoms with Crippen LogP contribution in [0.3, 0.4) is 0 Å². The highest BCUT2D eigenvalue weighted by Gasteiger charge is 2.16. The molecule has 0 amide bonds. The number of ether oxygens (including phenoxy) is 1. The molecule has 0 radical (unpaired) electrons. The van der Waals surface area contributed by atoms with Crippen molar-refractivity contribution < 1.29 is 4.74 Å². The van der Waals surface area contributed by atoms with Crippen molar-refractivity contribution in [3.05, 3.63) is 47.3 Å². The predicted molar refractivity (Wildman–Crippen MR) is 71.8 cm³/mol. The SMILES string of the molecule is CNC(c1ccc(OC)cc1)c1cnn(C)c1C. The number of aryl methyl sites for hydroxylation is 1. The zero-order valence-corrected chi connectivity index (χ0v) is 11.3. The minimum Gasteiger partial charge on any atom is -0.497 e. The van der Waals surface area contributed by atoms with Crippen molar-refractivity contribution in [3.8, 4) is 5.75 Å². The van der Waals surface area contributed by atoms with Gasteiger partial charge >= 0.3 is 0 Å². The standard InChI is InChI=1S/C14H19N3O/c1-10-13(9-16-17(10)3)14(15-2)11-5-7-12(18-4)8-6-11/h5-9,14-15H,1-4H3. The minimum absolute atomic E-state index is 0.157. The molecule has 2 rings (SSSR count). The first kappa shape index (κ1) is 12.6. The summed E-state index contributed by atoms with van der Waals surface area (Å²) in [5, 5.41) is 7.63. The molecule has 1 N–H and O–H groups in total. The average molecular weight is 245 g/mol. The first-order chi connectivity index (χ1) is 8.67. The summed E-state index contributed by atoms with van der Waals surface area (Å²) in [5.41, 5.74) is 3.57. The van der Waals surface area contributed by atoms with Crippen molar-refractivity contribution in [2.75, 3.05) is 14.2 Å². The molecular weight excluding hydrogens is 226 g/mol. The number of methoxy groups -OCH3 is 1. The zero-order chi connectivity index (χ0) is 13.1. The molecule has 1 unspecified atom stereocenters. The molecule has 4 nitrogen and oxygen atoms in total. The highest BCUT2D eigenvalue weighted by molar-refractivity contribution is 5.36. The second-order valence-electron chi connectivity index (χ2n) is 4.30. The lowest BCUT2D eigenvalue weighted by atomic mass is 9.99. The molecule has 0 spiro atoms. The van der Waals surface area contributed by atoms with E-state index in [1.807, 2.05) is 37.1 Å². The van der Waals surface area contributed by atoms with Gasteiger partial charge in [0.2, 0.25) is 0 Å². The molecule has 0 fully saturated rings. The van der Waals surface area contributed by atoms with E-state index in [1.165, 1.54) is 16.8 Å². The summed E-state index contributed by atoms with van der Waals surface area (Å²) >= 11 is 0. The van der Waals surface area contributed by atoms with Gasteiger partial charge in [-0.1, -0.05) is 12.1 Å². The Hall–Kier alpha value is -1.81. The van der Waals surface area contributed by atoms with Crippen LogP contribution in [0.1, 0.15) is 22.9 Å². The van der Waals surface area contributed by atoms with Gasteiger partial charge in [0.1, 0.15) is 5.75 Å². The highest BCUT2D eigenvalue weighted by atomic mass is 16.5. The van der Waals surface area contributed by atoms with Crippen LogP contribution in [0.15, 0.2) is 30.5 Å². The third-order valence-corrected chi connectivity index (χ3v) is 3.32. The monoisotopic (exact) mass is 245 g/mol. The van der Waals surface area contributed by atoms with E-state index in [-0.39, 0.29) is 6.04 Å². The molecule has 0 aliphatic carbocycles. The number of nitrogens with one attached hydrogen (secondary N) is 1. The van der Waals surface area contributed by atoms with Crippen LogP contribution < -0.4 is 10.1 Å². The van der Waals surface area contributed by atoms with Crippen molar-refractivity contribution >= 4 is 0 Å². The largest absolute Gasteiger partial charge is 0.497 e. The molecule has 1 aromatic heterocycles. The number of nitrogens with zero attached hydrogens (tertiary/aromatic N) is 2. The Labute approximate surface area is 108 Å². The molecule has 1 atom stereocenters. The van der Waals surface area contributed by atoms with Gasteiger partial charge in [0.05, 0.1) is 19.3 Å². The van der Waals surface area contributed by atoms with Crippen LogP contribution in [-0.2, 0) is 7.05 Å². The van der Waals surface area contributed by atoms with Gasteiger partial charge < -0.3 is 10.1 Å². The summed E-state index contributed by atoms with van der Waals surface area (Å²) in [5.74, 6) is 0.872. The van der Waals surface area contributed by atoms with Crippen LogP contribution >= 0.6 is 0 Å². The molecule has 0 saturated carbocycles. The van der Waals surface area contributed by atoms with Gasteiger partial charge in [-0.25, -0.2) is 0 Å². The summed E-state index contributed by atoms with van der Waals surface area (Å²) in [6.07, 6.45) is 1.92. The average Bonchev–Trinajstić information content (AvgIpc) is 2.73. The minimum atomic E-state index is 0.157. The maximum absolute atomic E-state index is 5.18. The fourth-order valence-electron chi connectivity index (χ4n) is 2.10. The van der Waals surface area contributed by atoms with Crippen LogP contribution in [-0.4, -0.2) is 23.9 Å². The summed E-state index contributed by atoms with van der Waals surface area (Å²) in [6.45, 7) is 2.08. The van der Waals surface area contributed by atoms with E-state index in [9.17, 15) is 0 Å². The molecule has 1 aromatic carbocycles. The van der Waals surface area contributed by atoms with E-state index in [0.29, 0.717) is 0 Å². The van der Waals surface area contributed by atoms with Gasteiger partial charge in [-0.2, -0.15) is 5.10 Å². The fraction of sp³-hybridized carbons (Fsp3) is 0.357. The van der Waals surface area contributed by atoms with Crippen molar-refractivity contribution in [1.29, 1.82) is 0 Å². The van der Waals surface area contributed by atoms with E-state index in [2.05, 4.69) is 29.5 Å². The first-order valence-corrected chi connectivity index (χ1v) is 5.97. The van der Waals surface area contributed by atoms with E-state index in [0.717, 1.165) is 5.75 Å². The summed E-state index contributed by atoms with van der Waals surface area (Å²) in [6, 6.07) is 8.26.